The Morgan fingerprint density at radius 3 is 2.57 bits per heavy atom. The van der Waals surface area contributed by atoms with E-state index in [9.17, 15) is 13.6 Å². The van der Waals surface area contributed by atoms with E-state index in [1.807, 2.05) is 20.8 Å². The number of rotatable bonds is 3. The van der Waals surface area contributed by atoms with Gasteiger partial charge >= 0.3 is 5.97 Å². The van der Waals surface area contributed by atoms with Crippen molar-refractivity contribution in [2.45, 2.75) is 39.2 Å². The molecule has 1 aliphatic heterocycles. The van der Waals surface area contributed by atoms with Crippen molar-refractivity contribution in [3.63, 3.8) is 0 Å². The van der Waals surface area contributed by atoms with Crippen LogP contribution in [0.2, 0.25) is 0 Å². The topological polar surface area (TPSA) is 53.9 Å². The summed E-state index contributed by atoms with van der Waals surface area (Å²) in [5.74, 6) is -0.0833. The number of carbonyl (C=O) groups excluding carboxylic acids is 1. The average Bonchev–Trinajstić information content (AvgIpc) is 2.76. The monoisotopic (exact) mass is 419 g/mol. The molecule has 0 amide bonds. The average molecular weight is 419 g/mol. The van der Waals surface area contributed by atoms with E-state index in [2.05, 4.69) is 10.3 Å². The number of halogens is 3. The minimum absolute atomic E-state index is 0. The van der Waals surface area contributed by atoms with Crippen LogP contribution >= 0.6 is 24.0 Å². The molecule has 1 aliphatic rings. The lowest BCUT2D eigenvalue weighted by Crippen LogP contribution is -2.42. The van der Waals surface area contributed by atoms with Crippen molar-refractivity contribution in [1.29, 1.82) is 0 Å². The highest BCUT2D eigenvalue weighted by molar-refractivity contribution is 14.0. The summed E-state index contributed by atoms with van der Waals surface area (Å²) in [6.07, 6.45) is -1.79. The van der Waals surface area contributed by atoms with Gasteiger partial charge in [0.1, 0.15) is 5.60 Å². The van der Waals surface area contributed by atoms with E-state index in [1.54, 1.807) is 4.90 Å². The summed E-state index contributed by atoms with van der Waals surface area (Å²) in [5.41, 5.74) is -0.514. The summed E-state index contributed by atoms with van der Waals surface area (Å²) in [7, 11) is 1.54. The molecular formula is C13H24F2IN3O2. The molecule has 0 aliphatic carbocycles. The molecule has 1 fully saturated rings. The quantitative estimate of drug-likeness (QED) is 0.330. The third-order valence-corrected chi connectivity index (χ3v) is 2.85. The number of alkyl halides is 2. The van der Waals surface area contributed by atoms with Gasteiger partial charge in [0.15, 0.2) is 5.96 Å². The lowest BCUT2D eigenvalue weighted by molar-refractivity contribution is -0.159. The van der Waals surface area contributed by atoms with Gasteiger partial charge < -0.3 is 15.0 Å². The van der Waals surface area contributed by atoms with Gasteiger partial charge in [-0.3, -0.25) is 9.79 Å². The molecule has 5 nitrogen and oxygen atoms in total. The van der Waals surface area contributed by atoms with Gasteiger partial charge in [0.05, 0.1) is 12.5 Å². The van der Waals surface area contributed by atoms with Crippen LogP contribution in [-0.2, 0) is 9.53 Å². The van der Waals surface area contributed by atoms with Gasteiger partial charge in [0.25, 0.3) is 6.43 Å². The first-order valence-electron chi connectivity index (χ1n) is 6.69. The third-order valence-electron chi connectivity index (χ3n) is 2.85. The molecule has 0 aromatic carbocycles. The molecule has 0 saturated carbocycles. The van der Waals surface area contributed by atoms with Crippen molar-refractivity contribution >= 4 is 35.9 Å². The van der Waals surface area contributed by atoms with E-state index in [4.69, 9.17) is 4.74 Å². The maximum Gasteiger partial charge on any atom is 0.311 e. The normalized spacial score (nSPS) is 19.5. The highest BCUT2D eigenvalue weighted by Gasteiger charge is 2.33. The van der Waals surface area contributed by atoms with Crippen LogP contribution in [0.1, 0.15) is 27.2 Å². The van der Waals surface area contributed by atoms with Gasteiger partial charge in [-0.15, -0.1) is 24.0 Å². The SMILES string of the molecule is CN=C(NCC(F)F)N1CCC(C(=O)OC(C)(C)C)C1.I. The molecule has 1 saturated heterocycles. The summed E-state index contributed by atoms with van der Waals surface area (Å²) in [6.45, 7) is 6.06. The van der Waals surface area contributed by atoms with E-state index in [1.165, 1.54) is 7.05 Å². The van der Waals surface area contributed by atoms with Gasteiger partial charge in [-0.1, -0.05) is 0 Å². The molecule has 0 aromatic heterocycles. The van der Waals surface area contributed by atoms with E-state index in [-0.39, 0.29) is 35.9 Å². The molecule has 21 heavy (non-hydrogen) atoms. The largest absolute Gasteiger partial charge is 0.460 e. The van der Waals surface area contributed by atoms with E-state index < -0.39 is 18.6 Å². The molecule has 8 heteroatoms. The van der Waals surface area contributed by atoms with Crippen LogP contribution in [0.3, 0.4) is 0 Å². The molecule has 0 radical (unpaired) electrons. The molecule has 1 N–H and O–H groups in total. The van der Waals surface area contributed by atoms with Crippen molar-refractivity contribution in [2.75, 3.05) is 26.7 Å². The fraction of sp³-hybridized carbons (Fsp3) is 0.846. The number of hydrogen-bond donors (Lipinski definition) is 1. The second-order valence-corrected chi connectivity index (χ2v) is 5.78. The molecule has 124 valence electrons. The molecule has 1 atom stereocenters. The van der Waals surface area contributed by atoms with Crippen molar-refractivity contribution in [2.24, 2.45) is 10.9 Å². The van der Waals surface area contributed by atoms with Crippen molar-refractivity contribution in [3.8, 4) is 0 Å². The third kappa shape index (κ3) is 7.23. The maximum atomic E-state index is 12.2. The smallest absolute Gasteiger partial charge is 0.311 e. The zero-order chi connectivity index (χ0) is 15.3. The number of ether oxygens (including phenoxy) is 1. The van der Waals surface area contributed by atoms with E-state index in [0.717, 1.165) is 0 Å². The predicted octanol–water partition coefficient (Wildman–Crippen LogP) is 2.11. The minimum atomic E-state index is -2.43. The van der Waals surface area contributed by atoms with Gasteiger partial charge in [-0.25, -0.2) is 8.78 Å². The number of esters is 1. The second-order valence-electron chi connectivity index (χ2n) is 5.78. The highest BCUT2D eigenvalue weighted by Crippen LogP contribution is 2.20. The Hall–Kier alpha value is -0.670. The summed E-state index contributed by atoms with van der Waals surface area (Å²) in [6, 6.07) is 0. The summed E-state index contributed by atoms with van der Waals surface area (Å²) < 4.78 is 29.7. The highest BCUT2D eigenvalue weighted by atomic mass is 127. The zero-order valence-electron chi connectivity index (χ0n) is 12.9. The number of aliphatic imine (C=N–C) groups is 1. The molecule has 0 aromatic rings. The van der Waals surface area contributed by atoms with Crippen molar-refractivity contribution in [1.82, 2.24) is 10.2 Å². The predicted molar refractivity (Wildman–Crippen MR) is 88.3 cm³/mol. The Morgan fingerprint density at radius 1 is 1.48 bits per heavy atom. The number of nitrogens with one attached hydrogen (secondary N) is 1. The Kier molecular flexibility index (Phi) is 8.42. The Morgan fingerprint density at radius 2 is 2.10 bits per heavy atom. The molecule has 0 spiro atoms. The van der Waals surface area contributed by atoms with Crippen molar-refractivity contribution in [3.05, 3.63) is 0 Å². The number of guanidine groups is 1. The minimum Gasteiger partial charge on any atom is -0.460 e. The molecule has 1 rings (SSSR count). The summed E-state index contributed by atoms with van der Waals surface area (Å²) in [5, 5.41) is 2.59. The Labute approximate surface area is 141 Å². The zero-order valence-corrected chi connectivity index (χ0v) is 15.2. The molecule has 0 bridgehead atoms. The molecule has 1 unspecified atom stereocenters. The first-order valence-corrected chi connectivity index (χ1v) is 6.69. The van der Waals surface area contributed by atoms with Crippen LogP contribution in [0.4, 0.5) is 8.78 Å². The van der Waals surface area contributed by atoms with Gasteiger partial charge in [-0.2, -0.15) is 0 Å². The second kappa shape index (κ2) is 8.70. The molecule has 1 heterocycles. The first kappa shape index (κ1) is 20.3. The van der Waals surface area contributed by atoms with Crippen LogP contribution in [0.5, 0.6) is 0 Å². The summed E-state index contributed by atoms with van der Waals surface area (Å²) >= 11 is 0. The van der Waals surface area contributed by atoms with Crippen LogP contribution in [0, 0.1) is 5.92 Å². The number of carbonyl (C=O) groups is 1. The fourth-order valence-corrected chi connectivity index (χ4v) is 2.03. The first-order chi connectivity index (χ1) is 9.23. The van der Waals surface area contributed by atoms with Crippen LogP contribution < -0.4 is 5.32 Å². The maximum absolute atomic E-state index is 12.2. The Balaban J connectivity index is 0.00000400. The van der Waals surface area contributed by atoms with Gasteiger partial charge in [0.2, 0.25) is 0 Å². The number of nitrogens with zero attached hydrogens (tertiary/aromatic N) is 2. The van der Waals surface area contributed by atoms with E-state index in [0.29, 0.717) is 25.5 Å². The van der Waals surface area contributed by atoms with Crippen LogP contribution in [0.15, 0.2) is 4.99 Å². The lowest BCUT2D eigenvalue weighted by atomic mass is 10.1. The summed E-state index contributed by atoms with van der Waals surface area (Å²) in [4.78, 5) is 17.7. The van der Waals surface area contributed by atoms with Crippen LogP contribution in [0.25, 0.3) is 0 Å². The number of likely N-dealkylation sites (tertiary alicyclic amines) is 1. The standard InChI is InChI=1S/C13H23F2N3O2.HI/c1-13(2,3)20-11(19)9-5-6-18(8-9)12(16-4)17-7-10(14)15;/h9-10H,5-8H2,1-4H3,(H,16,17);1H. The fourth-order valence-electron chi connectivity index (χ4n) is 2.03. The molecular weight excluding hydrogens is 395 g/mol. The Bertz CT molecular complexity index is 373. The van der Waals surface area contributed by atoms with Crippen molar-refractivity contribution < 1.29 is 18.3 Å². The van der Waals surface area contributed by atoms with Gasteiger partial charge in [-0.05, 0) is 27.2 Å². The number of hydrogen-bond acceptors (Lipinski definition) is 3. The van der Waals surface area contributed by atoms with Crippen LogP contribution in [-0.4, -0.2) is 55.5 Å². The van der Waals surface area contributed by atoms with Gasteiger partial charge in [0, 0.05) is 20.1 Å². The lowest BCUT2D eigenvalue weighted by Gasteiger charge is -2.23. The van der Waals surface area contributed by atoms with E-state index >= 15 is 0 Å².